The highest BCUT2D eigenvalue weighted by molar-refractivity contribution is 7.92. The van der Waals surface area contributed by atoms with E-state index in [1.165, 1.54) is 30.2 Å². The van der Waals surface area contributed by atoms with Gasteiger partial charge >= 0.3 is 0 Å². The van der Waals surface area contributed by atoms with Gasteiger partial charge in [-0.15, -0.1) is 0 Å². The first-order valence-electron chi connectivity index (χ1n) is 9.72. The fraction of sp³-hybridized carbons (Fsp3) is 0.125. The standard InChI is InChI=1S/C24H23ClN2O4S/c1-27(24(28)15-12-18-10-13-20(25)14-11-18)17-19-6-3-4-9-23(19)26-32(29,30)22-8-5-7-21(16-22)31-2/h3-16,26H,17H2,1-2H3/b15-12+. The van der Waals surface area contributed by atoms with Crippen LogP contribution in [0.25, 0.3) is 6.08 Å². The lowest BCUT2D eigenvalue weighted by Crippen LogP contribution is -2.25. The van der Waals surface area contributed by atoms with Crippen LogP contribution in [0.3, 0.4) is 0 Å². The summed E-state index contributed by atoms with van der Waals surface area (Å²) in [7, 11) is -0.703. The maximum Gasteiger partial charge on any atom is 0.262 e. The summed E-state index contributed by atoms with van der Waals surface area (Å²) in [4.78, 5) is 14.1. The number of likely N-dealkylation sites (N-methyl/N-ethyl adjacent to an activating group) is 1. The van der Waals surface area contributed by atoms with Crippen molar-refractivity contribution < 1.29 is 17.9 Å². The number of methoxy groups -OCH3 is 1. The lowest BCUT2D eigenvalue weighted by molar-refractivity contribution is -0.125. The topological polar surface area (TPSA) is 75.7 Å². The van der Waals surface area contributed by atoms with E-state index in [1.807, 2.05) is 12.1 Å². The van der Waals surface area contributed by atoms with Crippen LogP contribution < -0.4 is 9.46 Å². The number of carbonyl (C=O) groups is 1. The van der Waals surface area contributed by atoms with Crippen LogP contribution in [0.2, 0.25) is 5.02 Å². The minimum Gasteiger partial charge on any atom is -0.497 e. The molecule has 8 heteroatoms. The molecule has 166 valence electrons. The summed E-state index contributed by atoms with van der Waals surface area (Å²) >= 11 is 5.88. The number of sulfonamides is 1. The number of nitrogens with zero attached hydrogens (tertiary/aromatic N) is 1. The lowest BCUT2D eigenvalue weighted by Gasteiger charge is -2.19. The Kier molecular flexibility index (Phi) is 7.56. The number of ether oxygens (including phenoxy) is 1. The van der Waals surface area contributed by atoms with Crippen molar-refractivity contribution in [1.82, 2.24) is 4.90 Å². The van der Waals surface area contributed by atoms with E-state index in [0.29, 0.717) is 22.0 Å². The van der Waals surface area contributed by atoms with Crippen LogP contribution in [0.5, 0.6) is 5.75 Å². The van der Waals surface area contributed by atoms with Gasteiger partial charge in [-0.2, -0.15) is 0 Å². The highest BCUT2D eigenvalue weighted by Gasteiger charge is 2.17. The Hall–Kier alpha value is -3.29. The van der Waals surface area contributed by atoms with E-state index in [0.717, 1.165) is 5.56 Å². The number of para-hydroxylation sites is 1. The lowest BCUT2D eigenvalue weighted by atomic mass is 10.1. The summed E-state index contributed by atoms with van der Waals surface area (Å²) in [5, 5.41) is 0.624. The zero-order chi connectivity index (χ0) is 23.1. The molecule has 0 saturated heterocycles. The van der Waals surface area contributed by atoms with Crippen LogP contribution in [-0.4, -0.2) is 33.4 Å². The van der Waals surface area contributed by atoms with Gasteiger partial charge in [0.1, 0.15) is 5.75 Å². The van der Waals surface area contributed by atoms with Crippen molar-refractivity contribution in [3.63, 3.8) is 0 Å². The van der Waals surface area contributed by atoms with Gasteiger partial charge in [0.05, 0.1) is 17.7 Å². The fourth-order valence-corrected chi connectivity index (χ4v) is 4.19. The van der Waals surface area contributed by atoms with Crippen molar-refractivity contribution >= 4 is 39.3 Å². The van der Waals surface area contributed by atoms with Crippen molar-refractivity contribution in [3.8, 4) is 5.75 Å². The minimum atomic E-state index is -3.83. The van der Waals surface area contributed by atoms with Gasteiger partial charge in [-0.3, -0.25) is 9.52 Å². The minimum absolute atomic E-state index is 0.0852. The van der Waals surface area contributed by atoms with E-state index in [-0.39, 0.29) is 17.3 Å². The first-order valence-corrected chi connectivity index (χ1v) is 11.6. The fourth-order valence-electron chi connectivity index (χ4n) is 2.93. The van der Waals surface area contributed by atoms with Crippen LogP contribution in [-0.2, 0) is 21.4 Å². The number of halogens is 1. The Morgan fingerprint density at radius 1 is 1.06 bits per heavy atom. The zero-order valence-electron chi connectivity index (χ0n) is 17.7. The molecule has 0 heterocycles. The number of carbonyl (C=O) groups excluding carboxylic acids is 1. The van der Waals surface area contributed by atoms with Crippen LogP contribution in [0, 0.1) is 0 Å². The molecule has 0 aliphatic carbocycles. The summed E-state index contributed by atoms with van der Waals surface area (Å²) in [5.74, 6) is 0.226. The summed E-state index contributed by atoms with van der Waals surface area (Å²) in [6, 6.07) is 20.3. The molecule has 3 aromatic carbocycles. The van der Waals surface area contributed by atoms with Gasteiger partial charge < -0.3 is 9.64 Å². The molecule has 1 N–H and O–H groups in total. The number of hydrogen-bond donors (Lipinski definition) is 1. The summed E-state index contributed by atoms with van der Waals surface area (Å²) in [6.07, 6.45) is 3.17. The second kappa shape index (κ2) is 10.3. The molecule has 0 spiro atoms. The number of hydrogen-bond acceptors (Lipinski definition) is 4. The summed E-state index contributed by atoms with van der Waals surface area (Å²) in [6.45, 7) is 0.223. The molecule has 0 aliphatic rings. The van der Waals surface area contributed by atoms with E-state index in [1.54, 1.807) is 61.7 Å². The largest absolute Gasteiger partial charge is 0.497 e. The second-order valence-corrected chi connectivity index (χ2v) is 9.14. The molecule has 0 radical (unpaired) electrons. The smallest absolute Gasteiger partial charge is 0.262 e. The number of benzene rings is 3. The molecule has 3 rings (SSSR count). The summed E-state index contributed by atoms with van der Waals surface area (Å²) in [5.41, 5.74) is 1.91. The SMILES string of the molecule is COc1cccc(S(=O)(=O)Nc2ccccc2CN(C)C(=O)/C=C/c2ccc(Cl)cc2)c1. The third kappa shape index (κ3) is 6.12. The molecule has 0 aliphatic heterocycles. The third-order valence-corrected chi connectivity index (χ3v) is 6.30. The van der Waals surface area contributed by atoms with Crippen molar-refractivity contribution in [2.45, 2.75) is 11.4 Å². The van der Waals surface area contributed by atoms with E-state index in [2.05, 4.69) is 4.72 Å². The molecule has 0 aromatic heterocycles. The molecule has 0 saturated carbocycles. The van der Waals surface area contributed by atoms with Crippen molar-refractivity contribution in [1.29, 1.82) is 0 Å². The van der Waals surface area contributed by atoms with Gasteiger partial charge in [0.25, 0.3) is 10.0 Å². The van der Waals surface area contributed by atoms with Gasteiger partial charge in [0.2, 0.25) is 5.91 Å². The predicted molar refractivity (Wildman–Crippen MR) is 127 cm³/mol. The molecule has 3 aromatic rings. The third-order valence-electron chi connectivity index (χ3n) is 4.69. The zero-order valence-corrected chi connectivity index (χ0v) is 19.2. The first-order chi connectivity index (χ1) is 15.3. The molecule has 32 heavy (non-hydrogen) atoms. The molecular formula is C24H23ClN2O4S. The molecule has 0 bridgehead atoms. The molecule has 0 atom stereocenters. The monoisotopic (exact) mass is 470 g/mol. The highest BCUT2D eigenvalue weighted by atomic mass is 35.5. The van der Waals surface area contributed by atoms with Gasteiger partial charge in [-0.25, -0.2) is 8.42 Å². The Balaban J connectivity index is 1.74. The Morgan fingerprint density at radius 3 is 2.50 bits per heavy atom. The van der Waals surface area contributed by atoms with Crippen LogP contribution in [0.4, 0.5) is 5.69 Å². The van der Waals surface area contributed by atoms with Crippen LogP contribution in [0.1, 0.15) is 11.1 Å². The number of rotatable bonds is 8. The predicted octanol–water partition coefficient (Wildman–Crippen LogP) is 4.82. The molecule has 0 unspecified atom stereocenters. The Morgan fingerprint density at radius 2 is 1.78 bits per heavy atom. The van der Waals surface area contributed by atoms with Gasteiger partial charge in [0, 0.05) is 30.8 Å². The van der Waals surface area contributed by atoms with Crippen LogP contribution in [0.15, 0.2) is 83.8 Å². The maximum absolute atomic E-state index is 12.9. The van der Waals surface area contributed by atoms with Crippen LogP contribution >= 0.6 is 11.6 Å². The van der Waals surface area contributed by atoms with Gasteiger partial charge in [-0.1, -0.05) is 48.0 Å². The maximum atomic E-state index is 12.9. The van der Waals surface area contributed by atoms with E-state index >= 15 is 0 Å². The van der Waals surface area contributed by atoms with Gasteiger partial charge in [0.15, 0.2) is 0 Å². The number of anilines is 1. The summed E-state index contributed by atoms with van der Waals surface area (Å²) < 4.78 is 33.4. The highest BCUT2D eigenvalue weighted by Crippen LogP contribution is 2.23. The molecular weight excluding hydrogens is 448 g/mol. The average Bonchev–Trinajstić information content (AvgIpc) is 2.79. The quantitative estimate of drug-likeness (QED) is 0.479. The number of amides is 1. The van der Waals surface area contributed by atoms with E-state index < -0.39 is 10.0 Å². The number of nitrogens with one attached hydrogen (secondary N) is 1. The van der Waals surface area contributed by atoms with Crippen molar-refractivity contribution in [2.75, 3.05) is 18.9 Å². The average molecular weight is 471 g/mol. The second-order valence-electron chi connectivity index (χ2n) is 7.02. The molecule has 6 nitrogen and oxygen atoms in total. The van der Waals surface area contributed by atoms with Crippen molar-refractivity contribution in [3.05, 3.63) is 95.0 Å². The van der Waals surface area contributed by atoms with Crippen molar-refractivity contribution in [2.24, 2.45) is 0 Å². The van der Waals surface area contributed by atoms with E-state index in [4.69, 9.17) is 16.3 Å². The molecule has 0 fully saturated rings. The van der Waals surface area contributed by atoms with Gasteiger partial charge in [-0.05, 0) is 47.5 Å². The van der Waals surface area contributed by atoms with E-state index in [9.17, 15) is 13.2 Å². The Bertz CT molecular complexity index is 1220. The molecule has 1 amide bonds. The normalized spacial score (nSPS) is 11.3. The first kappa shape index (κ1) is 23.4. The Labute approximate surface area is 193 Å².